The summed E-state index contributed by atoms with van der Waals surface area (Å²) < 4.78 is 20.1. The lowest BCUT2D eigenvalue weighted by atomic mass is 9.83. The number of fused-ring (bicyclic) bond motifs is 1. The third-order valence-corrected chi connectivity index (χ3v) is 8.85. The molecule has 48 heavy (non-hydrogen) atoms. The maximum absolute atomic E-state index is 13.0. The average Bonchev–Trinajstić information content (AvgIpc) is 3.41. The number of benzene rings is 3. The number of amides is 1. The van der Waals surface area contributed by atoms with Crippen molar-refractivity contribution in [3.8, 4) is 23.0 Å². The van der Waals surface area contributed by atoms with Crippen molar-refractivity contribution in [1.29, 1.82) is 0 Å². The number of aryl methyl sites for hydroxylation is 1. The molecule has 0 spiro atoms. The Bertz CT molecular complexity index is 1830. The Morgan fingerprint density at radius 3 is 2.25 bits per heavy atom. The lowest BCUT2D eigenvalue weighted by molar-refractivity contribution is 0.00690. The van der Waals surface area contributed by atoms with Crippen molar-refractivity contribution < 1.29 is 19.0 Å². The number of nitrogens with zero attached hydrogens (tertiary/aromatic N) is 4. The Labute approximate surface area is 283 Å². The van der Waals surface area contributed by atoms with Gasteiger partial charge in [0.2, 0.25) is 11.8 Å². The van der Waals surface area contributed by atoms with Crippen molar-refractivity contribution in [2.45, 2.75) is 84.2 Å². The molecule has 1 aliphatic rings. The van der Waals surface area contributed by atoms with Gasteiger partial charge in [-0.2, -0.15) is 10.1 Å². The maximum atomic E-state index is 13.0. The maximum Gasteiger partial charge on any atom is 0.410 e. The van der Waals surface area contributed by atoms with Gasteiger partial charge in [-0.25, -0.2) is 4.79 Å². The van der Waals surface area contributed by atoms with Crippen molar-refractivity contribution in [1.82, 2.24) is 19.7 Å². The zero-order chi connectivity index (χ0) is 33.7. The highest BCUT2D eigenvalue weighted by Gasteiger charge is 2.34. The minimum absolute atomic E-state index is 0.152. The normalized spacial score (nSPS) is 16.6. The summed E-state index contributed by atoms with van der Waals surface area (Å²) in [7, 11) is 1.98. The van der Waals surface area contributed by atoms with E-state index in [1.165, 1.54) is 5.56 Å². The second-order valence-electron chi connectivity index (χ2n) is 13.6. The van der Waals surface area contributed by atoms with Gasteiger partial charge in [-0.3, -0.25) is 4.68 Å². The lowest BCUT2D eigenvalue weighted by Crippen LogP contribution is -2.47. The van der Waals surface area contributed by atoms with Gasteiger partial charge < -0.3 is 19.1 Å². The van der Waals surface area contributed by atoms with Gasteiger partial charge in [0, 0.05) is 31.1 Å². The van der Waals surface area contributed by atoms with Crippen LogP contribution in [-0.4, -0.2) is 43.9 Å². The Balaban J connectivity index is 1.27. The van der Waals surface area contributed by atoms with Crippen molar-refractivity contribution >= 4 is 17.0 Å². The molecule has 6 rings (SSSR count). The van der Waals surface area contributed by atoms with E-state index in [2.05, 4.69) is 25.1 Å². The highest BCUT2D eigenvalue weighted by atomic mass is 16.6. The number of rotatable bonds is 10. The Morgan fingerprint density at radius 1 is 0.896 bits per heavy atom. The molecule has 0 aliphatic carbocycles. The number of pyridine rings is 1. The van der Waals surface area contributed by atoms with Crippen LogP contribution in [0.2, 0.25) is 0 Å². The highest BCUT2D eigenvalue weighted by Crippen LogP contribution is 2.39. The topological polar surface area (TPSA) is 78.7 Å². The Hall–Kier alpha value is -4.85. The molecule has 2 aromatic heterocycles. The van der Waals surface area contributed by atoms with Crippen LogP contribution in [0.3, 0.4) is 0 Å². The Morgan fingerprint density at radius 2 is 1.58 bits per heavy atom. The summed E-state index contributed by atoms with van der Waals surface area (Å²) >= 11 is 0. The standard InChI is InChI=1S/C40H46N4O4/c1-6-13-32-24-31(22-23-44(32)39(45)48-40(2,3)4)30-18-19-33-35(25-30)43(5)42-37(33)34-20-21-36(46-26-28-14-9-7-10-15-28)41-38(34)47-27-29-16-11-8-12-17-29/h7-12,14-21,25,31-32H,6,13,22-24,26-27H2,1-5H3. The van der Waals surface area contributed by atoms with E-state index in [0.717, 1.165) is 59.0 Å². The van der Waals surface area contributed by atoms with E-state index < -0.39 is 5.60 Å². The quantitative estimate of drug-likeness (QED) is 0.151. The molecular formula is C40H46N4O4. The molecule has 1 amide bonds. The average molecular weight is 647 g/mol. The van der Waals surface area contributed by atoms with Crippen LogP contribution < -0.4 is 9.47 Å². The molecule has 250 valence electrons. The van der Waals surface area contributed by atoms with Crippen LogP contribution in [0.1, 0.15) is 76.0 Å². The first kappa shape index (κ1) is 33.1. The summed E-state index contributed by atoms with van der Waals surface area (Å²) in [6, 6.07) is 30.8. The molecule has 8 nitrogen and oxygen atoms in total. The van der Waals surface area contributed by atoms with Crippen molar-refractivity contribution in [2.24, 2.45) is 7.05 Å². The van der Waals surface area contributed by atoms with Gasteiger partial charge in [0.1, 0.15) is 24.5 Å². The fourth-order valence-corrected chi connectivity index (χ4v) is 6.50. The van der Waals surface area contributed by atoms with Gasteiger partial charge in [0.05, 0.1) is 11.1 Å². The van der Waals surface area contributed by atoms with Crippen LogP contribution in [0.5, 0.6) is 11.8 Å². The zero-order valence-electron chi connectivity index (χ0n) is 28.7. The van der Waals surface area contributed by atoms with Crippen LogP contribution in [0.4, 0.5) is 4.79 Å². The van der Waals surface area contributed by atoms with Crippen molar-refractivity contribution in [3.63, 3.8) is 0 Å². The lowest BCUT2D eigenvalue weighted by Gasteiger charge is -2.40. The molecule has 1 fully saturated rings. The fourth-order valence-electron chi connectivity index (χ4n) is 6.50. The van der Waals surface area contributed by atoms with E-state index in [9.17, 15) is 4.79 Å². The molecule has 3 aromatic carbocycles. The third-order valence-electron chi connectivity index (χ3n) is 8.85. The molecule has 3 heterocycles. The van der Waals surface area contributed by atoms with Crippen LogP contribution >= 0.6 is 0 Å². The first-order chi connectivity index (χ1) is 23.2. The van der Waals surface area contributed by atoms with Crippen molar-refractivity contribution in [2.75, 3.05) is 6.54 Å². The molecule has 2 unspecified atom stereocenters. The van der Waals surface area contributed by atoms with E-state index >= 15 is 0 Å². The SMILES string of the molecule is CCCC1CC(c2ccc3c(-c4ccc(OCc5ccccc5)nc4OCc4ccccc4)nn(C)c3c2)CCN1C(=O)OC(C)(C)C. The molecule has 0 saturated carbocycles. The molecule has 0 bridgehead atoms. The molecule has 1 aliphatic heterocycles. The predicted octanol–water partition coefficient (Wildman–Crippen LogP) is 9.08. The minimum atomic E-state index is -0.509. The van der Waals surface area contributed by atoms with E-state index in [4.69, 9.17) is 24.3 Å². The minimum Gasteiger partial charge on any atom is -0.473 e. The number of hydrogen-bond donors (Lipinski definition) is 0. The van der Waals surface area contributed by atoms with Gasteiger partial charge in [-0.15, -0.1) is 0 Å². The molecule has 0 radical (unpaired) electrons. The summed E-state index contributed by atoms with van der Waals surface area (Å²) in [5, 5.41) is 6.01. The third kappa shape index (κ3) is 7.81. The fraction of sp³-hybridized carbons (Fsp3) is 0.375. The van der Waals surface area contributed by atoms with E-state index in [-0.39, 0.29) is 12.1 Å². The van der Waals surface area contributed by atoms with Gasteiger partial charge in [0.25, 0.3) is 0 Å². The zero-order valence-corrected chi connectivity index (χ0v) is 28.7. The van der Waals surface area contributed by atoms with Crippen LogP contribution in [0.25, 0.3) is 22.2 Å². The second kappa shape index (κ2) is 14.5. The van der Waals surface area contributed by atoms with Crippen LogP contribution in [-0.2, 0) is 25.0 Å². The number of carbonyl (C=O) groups excluding carboxylic acids is 1. The Kier molecular flexibility index (Phi) is 9.99. The predicted molar refractivity (Wildman–Crippen MR) is 189 cm³/mol. The number of ether oxygens (including phenoxy) is 3. The summed E-state index contributed by atoms with van der Waals surface area (Å²) in [5.74, 6) is 1.31. The summed E-state index contributed by atoms with van der Waals surface area (Å²) in [6.45, 7) is 9.42. The largest absolute Gasteiger partial charge is 0.473 e. The van der Waals surface area contributed by atoms with Gasteiger partial charge >= 0.3 is 6.09 Å². The number of hydrogen-bond acceptors (Lipinski definition) is 6. The van der Waals surface area contributed by atoms with Gasteiger partial charge in [-0.05, 0) is 74.8 Å². The van der Waals surface area contributed by atoms with Crippen LogP contribution in [0, 0.1) is 0 Å². The monoisotopic (exact) mass is 646 g/mol. The summed E-state index contributed by atoms with van der Waals surface area (Å²) in [4.78, 5) is 19.8. The molecule has 0 N–H and O–H groups in total. The van der Waals surface area contributed by atoms with Crippen LogP contribution in [0.15, 0.2) is 91.0 Å². The van der Waals surface area contributed by atoms with E-state index in [1.807, 2.05) is 110 Å². The van der Waals surface area contributed by atoms with E-state index in [0.29, 0.717) is 37.4 Å². The molecule has 2 atom stereocenters. The highest BCUT2D eigenvalue weighted by molar-refractivity contribution is 5.95. The molecule has 1 saturated heterocycles. The van der Waals surface area contributed by atoms with Crippen molar-refractivity contribution in [3.05, 3.63) is 108 Å². The molecular weight excluding hydrogens is 600 g/mol. The smallest absolute Gasteiger partial charge is 0.410 e. The number of aromatic nitrogens is 3. The molecule has 8 heteroatoms. The number of piperidine rings is 1. The summed E-state index contributed by atoms with van der Waals surface area (Å²) in [6.07, 6.45) is 3.56. The van der Waals surface area contributed by atoms with Gasteiger partial charge in [-0.1, -0.05) is 86.1 Å². The molecule has 5 aromatic rings. The second-order valence-corrected chi connectivity index (χ2v) is 13.6. The first-order valence-electron chi connectivity index (χ1n) is 17.0. The number of carbonyl (C=O) groups is 1. The van der Waals surface area contributed by atoms with E-state index in [1.54, 1.807) is 0 Å². The van der Waals surface area contributed by atoms with Gasteiger partial charge in [0.15, 0.2) is 0 Å². The summed E-state index contributed by atoms with van der Waals surface area (Å²) in [5.41, 5.74) is 5.55. The number of likely N-dealkylation sites (tertiary alicyclic amines) is 1. The first-order valence-corrected chi connectivity index (χ1v) is 17.0.